The molecular formula is C12H7F3INO. The smallest absolute Gasteiger partial charge is 0.417 e. The van der Waals surface area contributed by atoms with Gasteiger partial charge in [0.15, 0.2) is 0 Å². The van der Waals surface area contributed by atoms with E-state index in [1.807, 2.05) is 0 Å². The number of hydrogen-bond acceptors (Lipinski definition) is 2. The number of alkyl halides is 3. The van der Waals surface area contributed by atoms with Crippen molar-refractivity contribution in [3.05, 3.63) is 45.8 Å². The van der Waals surface area contributed by atoms with E-state index in [1.165, 1.54) is 24.3 Å². The van der Waals surface area contributed by atoms with Gasteiger partial charge >= 0.3 is 6.18 Å². The average molecular weight is 365 g/mol. The summed E-state index contributed by atoms with van der Waals surface area (Å²) in [4.78, 5) is 3.88. The third-order valence-corrected chi connectivity index (χ3v) is 3.18. The molecule has 6 heteroatoms. The zero-order chi connectivity index (χ0) is 13.3. The molecule has 2 rings (SSSR count). The molecule has 2 nitrogen and oxygen atoms in total. The predicted molar refractivity (Wildman–Crippen MR) is 69.1 cm³/mol. The van der Waals surface area contributed by atoms with Crippen molar-refractivity contribution in [1.82, 2.24) is 4.98 Å². The fourth-order valence-electron chi connectivity index (χ4n) is 1.58. The third kappa shape index (κ3) is 2.58. The summed E-state index contributed by atoms with van der Waals surface area (Å²) in [5.41, 5.74) is -0.323. The van der Waals surface area contributed by atoms with E-state index in [0.29, 0.717) is 5.56 Å². The van der Waals surface area contributed by atoms with Gasteiger partial charge in [0.05, 0.1) is 5.56 Å². The summed E-state index contributed by atoms with van der Waals surface area (Å²) in [6.07, 6.45) is -3.30. The number of aromatic nitrogens is 1. The van der Waals surface area contributed by atoms with Crippen LogP contribution in [0, 0.1) is 3.70 Å². The van der Waals surface area contributed by atoms with Crippen molar-refractivity contribution in [2.75, 3.05) is 0 Å². The molecule has 1 N–H and O–H groups in total. The lowest BCUT2D eigenvalue weighted by atomic mass is 10.0. The van der Waals surface area contributed by atoms with E-state index in [1.54, 1.807) is 22.6 Å². The van der Waals surface area contributed by atoms with Gasteiger partial charge < -0.3 is 5.11 Å². The Balaban J connectivity index is 2.66. The van der Waals surface area contributed by atoms with Crippen LogP contribution in [-0.2, 0) is 6.18 Å². The molecule has 18 heavy (non-hydrogen) atoms. The lowest BCUT2D eigenvalue weighted by molar-refractivity contribution is -0.137. The van der Waals surface area contributed by atoms with Crippen LogP contribution in [0.1, 0.15) is 5.56 Å². The van der Waals surface area contributed by atoms with Gasteiger partial charge in [0.2, 0.25) is 0 Å². The number of benzene rings is 1. The van der Waals surface area contributed by atoms with E-state index in [-0.39, 0.29) is 15.0 Å². The number of hydrogen-bond donors (Lipinski definition) is 1. The van der Waals surface area contributed by atoms with E-state index in [2.05, 4.69) is 4.98 Å². The Morgan fingerprint density at radius 1 is 1.06 bits per heavy atom. The van der Waals surface area contributed by atoms with Gasteiger partial charge in [-0.05, 0) is 46.4 Å². The highest BCUT2D eigenvalue weighted by Gasteiger charge is 2.34. The molecule has 1 heterocycles. The summed E-state index contributed by atoms with van der Waals surface area (Å²) in [6, 6.07) is 6.51. The van der Waals surface area contributed by atoms with Crippen molar-refractivity contribution < 1.29 is 18.3 Å². The van der Waals surface area contributed by atoms with Gasteiger partial charge in [-0.15, -0.1) is 0 Å². The summed E-state index contributed by atoms with van der Waals surface area (Å²) in [7, 11) is 0. The van der Waals surface area contributed by atoms with Gasteiger partial charge in [0.25, 0.3) is 0 Å². The maximum Gasteiger partial charge on any atom is 0.417 e. The molecule has 0 bridgehead atoms. The van der Waals surface area contributed by atoms with Gasteiger partial charge in [-0.2, -0.15) is 13.2 Å². The summed E-state index contributed by atoms with van der Waals surface area (Å²) < 4.78 is 39.0. The standard InChI is InChI=1S/C12H7F3INO/c13-12(14,15)9-5-6-17-11(16)10(9)7-1-3-8(18)4-2-7/h1-6,18H. The first-order valence-electron chi connectivity index (χ1n) is 4.90. The molecule has 0 unspecified atom stereocenters. The van der Waals surface area contributed by atoms with Gasteiger partial charge in [-0.25, -0.2) is 4.98 Å². The zero-order valence-electron chi connectivity index (χ0n) is 8.87. The molecule has 0 radical (unpaired) electrons. The van der Waals surface area contributed by atoms with Crippen LogP contribution in [-0.4, -0.2) is 10.1 Å². The van der Waals surface area contributed by atoms with Crippen molar-refractivity contribution in [3.63, 3.8) is 0 Å². The van der Waals surface area contributed by atoms with Crippen LogP contribution in [0.3, 0.4) is 0 Å². The maximum atomic E-state index is 12.9. The first-order valence-corrected chi connectivity index (χ1v) is 5.98. The van der Waals surface area contributed by atoms with Crippen LogP contribution in [0.5, 0.6) is 5.75 Å². The van der Waals surface area contributed by atoms with Crippen molar-refractivity contribution in [1.29, 1.82) is 0 Å². The van der Waals surface area contributed by atoms with Crippen molar-refractivity contribution in [3.8, 4) is 16.9 Å². The minimum atomic E-state index is -4.43. The van der Waals surface area contributed by atoms with Crippen LogP contribution in [0.2, 0.25) is 0 Å². The van der Waals surface area contributed by atoms with Crippen LogP contribution in [0.25, 0.3) is 11.1 Å². The number of pyridine rings is 1. The summed E-state index contributed by atoms with van der Waals surface area (Å²) >= 11 is 1.76. The third-order valence-electron chi connectivity index (χ3n) is 2.37. The highest BCUT2D eigenvalue weighted by Crippen LogP contribution is 2.38. The molecular weight excluding hydrogens is 358 g/mol. The number of aromatic hydroxyl groups is 1. The molecule has 0 fully saturated rings. The minimum absolute atomic E-state index is 0.00575. The number of rotatable bonds is 1. The number of nitrogens with zero attached hydrogens (tertiary/aromatic N) is 1. The second-order valence-corrected chi connectivity index (χ2v) is 4.59. The minimum Gasteiger partial charge on any atom is -0.508 e. The highest BCUT2D eigenvalue weighted by molar-refractivity contribution is 14.1. The lowest BCUT2D eigenvalue weighted by Gasteiger charge is -2.14. The fourth-order valence-corrected chi connectivity index (χ4v) is 2.34. The van der Waals surface area contributed by atoms with Gasteiger partial charge in [0, 0.05) is 11.8 Å². The average Bonchev–Trinajstić information content (AvgIpc) is 2.29. The molecule has 0 saturated heterocycles. The number of phenolic OH excluding ortho intramolecular Hbond substituents is 1. The molecule has 0 aliphatic heterocycles. The summed E-state index contributed by atoms with van der Waals surface area (Å²) in [6.45, 7) is 0. The van der Waals surface area contributed by atoms with E-state index in [4.69, 9.17) is 5.11 Å². The normalized spacial score (nSPS) is 11.6. The van der Waals surface area contributed by atoms with Gasteiger partial charge in [-0.1, -0.05) is 12.1 Å². The lowest BCUT2D eigenvalue weighted by Crippen LogP contribution is -2.09. The highest BCUT2D eigenvalue weighted by atomic mass is 127. The Morgan fingerprint density at radius 2 is 1.67 bits per heavy atom. The largest absolute Gasteiger partial charge is 0.508 e. The van der Waals surface area contributed by atoms with E-state index < -0.39 is 11.7 Å². The molecule has 0 amide bonds. The zero-order valence-corrected chi connectivity index (χ0v) is 11.0. The van der Waals surface area contributed by atoms with Crippen LogP contribution in [0.15, 0.2) is 36.5 Å². The summed E-state index contributed by atoms with van der Waals surface area (Å²) in [5.74, 6) is 0.00575. The second-order valence-electron chi connectivity index (χ2n) is 3.57. The molecule has 0 aliphatic rings. The molecule has 0 spiro atoms. The monoisotopic (exact) mass is 365 g/mol. The fraction of sp³-hybridized carbons (Fsp3) is 0.0833. The Hall–Kier alpha value is -1.31. The van der Waals surface area contributed by atoms with Crippen molar-refractivity contribution in [2.45, 2.75) is 6.18 Å². The Labute approximate surface area is 115 Å². The summed E-state index contributed by atoms with van der Waals surface area (Å²) in [5, 5.41) is 9.16. The van der Waals surface area contributed by atoms with Gasteiger partial charge in [0.1, 0.15) is 9.45 Å². The van der Waals surface area contributed by atoms with Crippen LogP contribution >= 0.6 is 22.6 Å². The van der Waals surface area contributed by atoms with Crippen LogP contribution < -0.4 is 0 Å². The Kier molecular flexibility index (Phi) is 3.47. The number of halogens is 4. The van der Waals surface area contributed by atoms with Crippen LogP contribution in [0.4, 0.5) is 13.2 Å². The Morgan fingerprint density at radius 3 is 2.22 bits per heavy atom. The predicted octanol–water partition coefficient (Wildman–Crippen LogP) is 4.08. The van der Waals surface area contributed by atoms with E-state index >= 15 is 0 Å². The molecule has 0 aliphatic carbocycles. The second kappa shape index (κ2) is 4.75. The molecule has 1 aromatic heterocycles. The SMILES string of the molecule is Oc1ccc(-c2c(C(F)(F)F)ccnc2I)cc1. The molecule has 0 saturated carbocycles. The topological polar surface area (TPSA) is 33.1 Å². The number of phenols is 1. The van der Waals surface area contributed by atoms with E-state index in [9.17, 15) is 13.2 Å². The molecule has 2 aromatic rings. The molecule has 1 aromatic carbocycles. The Bertz CT molecular complexity index is 567. The van der Waals surface area contributed by atoms with Crippen molar-refractivity contribution >= 4 is 22.6 Å². The molecule has 94 valence electrons. The molecule has 0 atom stereocenters. The van der Waals surface area contributed by atoms with E-state index in [0.717, 1.165) is 12.3 Å². The first kappa shape index (κ1) is 13.1. The van der Waals surface area contributed by atoms with Crippen molar-refractivity contribution in [2.24, 2.45) is 0 Å². The first-order chi connectivity index (χ1) is 8.39. The quantitative estimate of drug-likeness (QED) is 0.611. The maximum absolute atomic E-state index is 12.9. The van der Waals surface area contributed by atoms with Gasteiger partial charge in [-0.3, -0.25) is 0 Å².